The van der Waals surface area contributed by atoms with Gasteiger partial charge < -0.3 is 14.5 Å². The average molecular weight is 393 g/mol. The number of hydrogen-bond donors (Lipinski definition) is 0. The summed E-state index contributed by atoms with van der Waals surface area (Å²) in [5.74, 6) is 0.996. The van der Waals surface area contributed by atoms with Crippen molar-refractivity contribution in [3.63, 3.8) is 0 Å². The van der Waals surface area contributed by atoms with Gasteiger partial charge >= 0.3 is 6.09 Å². The molecule has 1 saturated carbocycles. The van der Waals surface area contributed by atoms with E-state index in [4.69, 9.17) is 4.74 Å². The van der Waals surface area contributed by atoms with E-state index in [1.54, 1.807) is 0 Å². The number of hydrogen-bond acceptors (Lipinski definition) is 3. The molecule has 0 N–H and O–H groups in total. The van der Waals surface area contributed by atoms with Gasteiger partial charge in [0.15, 0.2) is 0 Å². The highest BCUT2D eigenvalue weighted by Gasteiger charge is 2.47. The van der Waals surface area contributed by atoms with Crippen molar-refractivity contribution in [1.82, 2.24) is 9.80 Å². The van der Waals surface area contributed by atoms with Crippen LogP contribution in [0, 0.1) is 16.7 Å². The molecular formula is C23H40N2O3. The molecule has 3 aliphatic rings. The standard InChI is InChI=1S/C23H40N2O3/c1-21(2,3)28-20(27)24-15-12-23(13-16-24,18-9-7-6-8-10-18)17-25-14-11-22(4,5)19(25)26/h18H,6-17H2,1-5H3. The lowest BCUT2D eigenvalue weighted by Crippen LogP contribution is -2.52. The van der Waals surface area contributed by atoms with Crippen LogP contribution in [0.4, 0.5) is 4.79 Å². The van der Waals surface area contributed by atoms with Crippen molar-refractivity contribution in [3.05, 3.63) is 0 Å². The fourth-order valence-corrected chi connectivity index (χ4v) is 5.45. The maximum Gasteiger partial charge on any atom is 0.410 e. The van der Waals surface area contributed by atoms with Crippen LogP contribution >= 0.6 is 0 Å². The van der Waals surface area contributed by atoms with Gasteiger partial charge in [-0.3, -0.25) is 4.79 Å². The summed E-state index contributed by atoms with van der Waals surface area (Å²) in [5, 5.41) is 0. The second kappa shape index (κ2) is 7.87. The smallest absolute Gasteiger partial charge is 0.410 e. The van der Waals surface area contributed by atoms with Gasteiger partial charge in [0, 0.05) is 31.6 Å². The van der Waals surface area contributed by atoms with E-state index in [0.29, 0.717) is 11.8 Å². The SMILES string of the molecule is CC(C)(C)OC(=O)N1CCC(CN2CCC(C)(C)C2=O)(C2CCCCC2)CC1. The number of carbonyl (C=O) groups is 2. The van der Waals surface area contributed by atoms with E-state index >= 15 is 0 Å². The largest absolute Gasteiger partial charge is 0.444 e. The second-order valence-electron chi connectivity index (χ2n) is 11.0. The summed E-state index contributed by atoms with van der Waals surface area (Å²) in [5.41, 5.74) is -0.511. The number of carbonyl (C=O) groups excluding carboxylic acids is 2. The third kappa shape index (κ3) is 4.65. The Morgan fingerprint density at radius 2 is 1.64 bits per heavy atom. The Morgan fingerprint density at radius 3 is 2.14 bits per heavy atom. The van der Waals surface area contributed by atoms with E-state index in [-0.39, 0.29) is 16.9 Å². The molecule has 1 aliphatic carbocycles. The number of rotatable bonds is 3. The van der Waals surface area contributed by atoms with E-state index in [1.165, 1.54) is 32.1 Å². The first-order valence-corrected chi connectivity index (χ1v) is 11.3. The molecule has 0 radical (unpaired) electrons. The first-order valence-electron chi connectivity index (χ1n) is 11.3. The number of nitrogens with zero attached hydrogens (tertiary/aromatic N) is 2. The van der Waals surface area contributed by atoms with Crippen LogP contribution in [0.3, 0.4) is 0 Å². The van der Waals surface area contributed by atoms with Gasteiger partial charge in [-0.05, 0) is 64.2 Å². The zero-order valence-electron chi connectivity index (χ0n) is 18.7. The Balaban J connectivity index is 1.71. The molecule has 0 bridgehead atoms. The quantitative estimate of drug-likeness (QED) is 0.690. The summed E-state index contributed by atoms with van der Waals surface area (Å²) < 4.78 is 5.59. The number of ether oxygens (including phenoxy) is 1. The summed E-state index contributed by atoms with van der Waals surface area (Å²) in [7, 11) is 0. The van der Waals surface area contributed by atoms with Gasteiger partial charge in [0.1, 0.15) is 5.60 Å². The van der Waals surface area contributed by atoms with Crippen molar-refractivity contribution in [2.75, 3.05) is 26.2 Å². The van der Waals surface area contributed by atoms with Gasteiger partial charge in [-0.1, -0.05) is 33.1 Å². The Hall–Kier alpha value is -1.26. The van der Waals surface area contributed by atoms with Gasteiger partial charge in [0.05, 0.1) is 0 Å². The summed E-state index contributed by atoms with van der Waals surface area (Å²) in [4.78, 5) is 29.4. The third-order valence-corrected chi connectivity index (χ3v) is 7.26. The van der Waals surface area contributed by atoms with Gasteiger partial charge in [-0.2, -0.15) is 0 Å². The van der Waals surface area contributed by atoms with E-state index in [1.807, 2.05) is 25.7 Å². The Morgan fingerprint density at radius 1 is 1.04 bits per heavy atom. The second-order valence-corrected chi connectivity index (χ2v) is 11.0. The van der Waals surface area contributed by atoms with Crippen molar-refractivity contribution < 1.29 is 14.3 Å². The van der Waals surface area contributed by atoms with Crippen LogP contribution in [0.15, 0.2) is 0 Å². The first-order chi connectivity index (χ1) is 13.0. The highest BCUT2D eigenvalue weighted by atomic mass is 16.6. The number of likely N-dealkylation sites (tertiary alicyclic amines) is 2. The lowest BCUT2D eigenvalue weighted by Gasteiger charge is -2.49. The van der Waals surface area contributed by atoms with Crippen LogP contribution in [-0.4, -0.2) is 53.6 Å². The van der Waals surface area contributed by atoms with E-state index in [0.717, 1.165) is 45.4 Å². The van der Waals surface area contributed by atoms with Gasteiger partial charge in [-0.25, -0.2) is 4.79 Å². The van der Waals surface area contributed by atoms with Gasteiger partial charge in [0.2, 0.25) is 5.91 Å². The first kappa shape index (κ1) is 21.4. The molecule has 5 nitrogen and oxygen atoms in total. The minimum atomic E-state index is -0.456. The molecule has 160 valence electrons. The third-order valence-electron chi connectivity index (χ3n) is 7.26. The maximum atomic E-state index is 12.9. The van der Waals surface area contributed by atoms with Crippen molar-refractivity contribution in [2.24, 2.45) is 16.7 Å². The predicted octanol–water partition coefficient (Wildman–Crippen LogP) is 4.84. The molecule has 28 heavy (non-hydrogen) atoms. The molecule has 3 fully saturated rings. The highest BCUT2D eigenvalue weighted by Crippen LogP contribution is 2.47. The zero-order chi connectivity index (χ0) is 20.6. The van der Waals surface area contributed by atoms with Crippen LogP contribution in [0.25, 0.3) is 0 Å². The predicted molar refractivity (Wildman–Crippen MR) is 111 cm³/mol. The Kier molecular flexibility index (Phi) is 6.03. The van der Waals surface area contributed by atoms with Crippen molar-refractivity contribution in [3.8, 4) is 0 Å². The molecule has 5 heteroatoms. The molecule has 0 spiro atoms. The van der Waals surface area contributed by atoms with Gasteiger partial charge in [-0.15, -0.1) is 0 Å². The summed E-state index contributed by atoms with van der Waals surface area (Å²) in [6.07, 6.45) is 9.24. The summed E-state index contributed by atoms with van der Waals surface area (Å²) in [6, 6.07) is 0. The molecule has 2 aliphatic heterocycles. The fourth-order valence-electron chi connectivity index (χ4n) is 5.45. The van der Waals surface area contributed by atoms with Crippen LogP contribution in [0.1, 0.15) is 86.0 Å². The highest BCUT2D eigenvalue weighted by molar-refractivity contribution is 5.84. The zero-order valence-corrected chi connectivity index (χ0v) is 18.7. The molecule has 2 amide bonds. The lowest BCUT2D eigenvalue weighted by atomic mass is 9.63. The minimum Gasteiger partial charge on any atom is -0.444 e. The van der Waals surface area contributed by atoms with E-state index in [2.05, 4.69) is 18.7 Å². The molecule has 3 rings (SSSR count). The van der Waals surface area contributed by atoms with Crippen LogP contribution < -0.4 is 0 Å². The lowest BCUT2D eigenvalue weighted by molar-refractivity contribution is -0.137. The Labute approximate surface area is 171 Å². The van der Waals surface area contributed by atoms with E-state index < -0.39 is 5.60 Å². The van der Waals surface area contributed by atoms with Crippen LogP contribution in [0.5, 0.6) is 0 Å². The number of amides is 2. The van der Waals surface area contributed by atoms with Crippen LogP contribution in [-0.2, 0) is 9.53 Å². The Bertz CT molecular complexity index is 579. The van der Waals surface area contributed by atoms with Crippen molar-refractivity contribution >= 4 is 12.0 Å². The monoisotopic (exact) mass is 392 g/mol. The van der Waals surface area contributed by atoms with Gasteiger partial charge in [0.25, 0.3) is 0 Å². The molecule has 0 atom stereocenters. The maximum absolute atomic E-state index is 12.9. The van der Waals surface area contributed by atoms with Crippen molar-refractivity contribution in [1.29, 1.82) is 0 Å². The molecule has 0 aromatic heterocycles. The fraction of sp³-hybridized carbons (Fsp3) is 0.913. The van der Waals surface area contributed by atoms with Crippen molar-refractivity contribution in [2.45, 2.75) is 91.6 Å². The average Bonchev–Trinajstić information content (AvgIpc) is 2.88. The molecule has 0 unspecified atom stereocenters. The summed E-state index contributed by atoms with van der Waals surface area (Å²) in [6.45, 7) is 13.2. The molecule has 0 aromatic carbocycles. The topological polar surface area (TPSA) is 49.9 Å². The molecule has 0 aromatic rings. The van der Waals surface area contributed by atoms with Crippen LogP contribution in [0.2, 0.25) is 0 Å². The minimum absolute atomic E-state index is 0.162. The molecular weight excluding hydrogens is 352 g/mol. The summed E-state index contributed by atoms with van der Waals surface area (Å²) >= 11 is 0. The number of piperidine rings is 1. The van der Waals surface area contributed by atoms with E-state index in [9.17, 15) is 9.59 Å². The molecule has 2 saturated heterocycles. The normalized spacial score (nSPS) is 25.8. The molecule has 2 heterocycles.